The fourth-order valence-corrected chi connectivity index (χ4v) is 1.88. The molecule has 2 atom stereocenters. The van der Waals surface area contributed by atoms with Gasteiger partial charge in [-0.05, 0) is 25.3 Å². The molecule has 1 heterocycles. The molecule has 3 N–H and O–H groups in total. The highest BCUT2D eigenvalue weighted by Gasteiger charge is 2.16. The number of hydrogen-bond acceptors (Lipinski definition) is 3. The summed E-state index contributed by atoms with van der Waals surface area (Å²) in [7, 11) is 0. The van der Waals surface area contributed by atoms with Gasteiger partial charge in [0.25, 0.3) is 0 Å². The fraction of sp³-hybridized carbons (Fsp3) is 0.500. The molecule has 86 valence electrons. The zero-order valence-corrected chi connectivity index (χ0v) is 10.5. The van der Waals surface area contributed by atoms with Crippen LogP contribution in [0.4, 0.5) is 0 Å². The van der Waals surface area contributed by atoms with Crippen LogP contribution in [0.25, 0.3) is 0 Å². The number of nitrogens with two attached hydrogens (primary N) is 1. The van der Waals surface area contributed by atoms with Crippen molar-refractivity contribution in [2.24, 2.45) is 5.73 Å². The van der Waals surface area contributed by atoms with Gasteiger partial charge < -0.3 is 11.1 Å². The van der Waals surface area contributed by atoms with Crippen LogP contribution < -0.4 is 11.1 Å². The van der Waals surface area contributed by atoms with Gasteiger partial charge in [-0.2, -0.15) is 0 Å². The van der Waals surface area contributed by atoms with E-state index < -0.39 is 0 Å². The molecule has 0 aliphatic rings. The Kier molecular flexibility index (Phi) is 6.56. The van der Waals surface area contributed by atoms with E-state index in [1.807, 2.05) is 31.4 Å². The Morgan fingerprint density at radius 3 is 2.73 bits per heavy atom. The van der Waals surface area contributed by atoms with Crippen molar-refractivity contribution in [1.82, 2.24) is 5.32 Å². The van der Waals surface area contributed by atoms with Crippen LogP contribution >= 0.6 is 23.7 Å². The third-order valence-corrected chi connectivity index (χ3v) is 3.16. The molecule has 0 aliphatic carbocycles. The van der Waals surface area contributed by atoms with E-state index in [9.17, 15) is 4.79 Å². The van der Waals surface area contributed by atoms with Crippen LogP contribution in [0.2, 0.25) is 0 Å². The first-order valence-corrected chi connectivity index (χ1v) is 5.57. The molecular formula is C10H17ClN2OS. The summed E-state index contributed by atoms with van der Waals surface area (Å²) >= 11 is 1.60. The van der Waals surface area contributed by atoms with E-state index in [0.717, 1.165) is 4.88 Å². The SMILES string of the molecule is CC(C(=O)N[C@H](C)CN)c1cccs1.Cl. The molecule has 1 aromatic heterocycles. The summed E-state index contributed by atoms with van der Waals surface area (Å²) in [6, 6.07) is 3.97. The summed E-state index contributed by atoms with van der Waals surface area (Å²) in [6.07, 6.45) is 0. The molecule has 0 fully saturated rings. The summed E-state index contributed by atoms with van der Waals surface area (Å²) in [5, 5.41) is 4.84. The highest BCUT2D eigenvalue weighted by atomic mass is 35.5. The van der Waals surface area contributed by atoms with Crippen molar-refractivity contribution in [3.63, 3.8) is 0 Å². The molecule has 5 heteroatoms. The van der Waals surface area contributed by atoms with E-state index in [0.29, 0.717) is 6.54 Å². The zero-order valence-electron chi connectivity index (χ0n) is 8.90. The summed E-state index contributed by atoms with van der Waals surface area (Å²) in [5.74, 6) is -0.0330. The predicted molar refractivity (Wildman–Crippen MR) is 66.6 cm³/mol. The smallest absolute Gasteiger partial charge is 0.228 e. The first kappa shape index (κ1) is 14.4. The van der Waals surface area contributed by atoms with Gasteiger partial charge in [-0.25, -0.2) is 0 Å². The molecule has 0 saturated heterocycles. The van der Waals surface area contributed by atoms with Gasteiger partial charge in [-0.1, -0.05) is 6.07 Å². The van der Waals surface area contributed by atoms with E-state index in [1.165, 1.54) is 0 Å². The molecular weight excluding hydrogens is 232 g/mol. The van der Waals surface area contributed by atoms with E-state index >= 15 is 0 Å². The Labute approximate surface area is 100 Å². The van der Waals surface area contributed by atoms with Crippen LogP contribution in [0.3, 0.4) is 0 Å². The molecule has 0 aliphatic heterocycles. The first-order valence-electron chi connectivity index (χ1n) is 4.69. The van der Waals surface area contributed by atoms with Crippen molar-refractivity contribution in [2.75, 3.05) is 6.54 Å². The third-order valence-electron chi connectivity index (χ3n) is 2.11. The topological polar surface area (TPSA) is 55.1 Å². The summed E-state index contributed by atoms with van der Waals surface area (Å²) in [4.78, 5) is 12.7. The molecule has 15 heavy (non-hydrogen) atoms. The van der Waals surface area contributed by atoms with Crippen LogP contribution in [0, 0.1) is 0 Å². The quantitative estimate of drug-likeness (QED) is 0.853. The Bertz CT molecular complexity index is 290. The predicted octanol–water partition coefficient (Wildman–Crippen LogP) is 1.74. The van der Waals surface area contributed by atoms with E-state index in [2.05, 4.69) is 5.32 Å². The maximum Gasteiger partial charge on any atom is 0.228 e. The fourth-order valence-electron chi connectivity index (χ4n) is 1.09. The maximum absolute atomic E-state index is 11.7. The van der Waals surface area contributed by atoms with Gasteiger partial charge in [0.1, 0.15) is 0 Å². The number of nitrogens with one attached hydrogen (secondary N) is 1. The van der Waals surface area contributed by atoms with Gasteiger partial charge in [-0.15, -0.1) is 23.7 Å². The second-order valence-electron chi connectivity index (χ2n) is 3.38. The van der Waals surface area contributed by atoms with Crippen LogP contribution in [0.15, 0.2) is 17.5 Å². The second kappa shape index (κ2) is 6.82. The highest BCUT2D eigenvalue weighted by Crippen LogP contribution is 2.20. The number of thiophene rings is 1. The molecule has 0 bridgehead atoms. The van der Waals surface area contributed by atoms with Crippen LogP contribution in [-0.2, 0) is 4.79 Å². The molecule has 1 amide bonds. The Morgan fingerprint density at radius 1 is 1.60 bits per heavy atom. The minimum atomic E-state index is -0.0796. The summed E-state index contributed by atoms with van der Waals surface area (Å²) in [5.41, 5.74) is 5.43. The molecule has 0 aromatic carbocycles. The molecule has 3 nitrogen and oxygen atoms in total. The molecule has 1 unspecified atom stereocenters. The van der Waals surface area contributed by atoms with Crippen molar-refractivity contribution >= 4 is 29.7 Å². The Morgan fingerprint density at radius 2 is 2.27 bits per heavy atom. The van der Waals surface area contributed by atoms with Gasteiger partial charge >= 0.3 is 0 Å². The number of hydrogen-bond donors (Lipinski definition) is 2. The van der Waals surface area contributed by atoms with Gasteiger partial charge in [-0.3, -0.25) is 4.79 Å². The van der Waals surface area contributed by atoms with Crippen LogP contribution in [-0.4, -0.2) is 18.5 Å². The maximum atomic E-state index is 11.7. The number of rotatable bonds is 4. The molecule has 0 spiro atoms. The van der Waals surface area contributed by atoms with E-state index in [4.69, 9.17) is 5.73 Å². The second-order valence-corrected chi connectivity index (χ2v) is 4.36. The number of halogens is 1. The number of carbonyl (C=O) groups is 1. The molecule has 1 aromatic rings. The van der Waals surface area contributed by atoms with Crippen molar-refractivity contribution in [2.45, 2.75) is 25.8 Å². The average molecular weight is 249 g/mol. The van der Waals surface area contributed by atoms with E-state index in [1.54, 1.807) is 11.3 Å². The van der Waals surface area contributed by atoms with Crippen molar-refractivity contribution in [3.8, 4) is 0 Å². The number of carbonyl (C=O) groups excluding carboxylic acids is 1. The van der Waals surface area contributed by atoms with E-state index in [-0.39, 0.29) is 30.3 Å². The van der Waals surface area contributed by atoms with Gasteiger partial charge in [0.2, 0.25) is 5.91 Å². The lowest BCUT2D eigenvalue weighted by Crippen LogP contribution is -2.39. The van der Waals surface area contributed by atoms with Crippen molar-refractivity contribution < 1.29 is 4.79 Å². The molecule has 1 rings (SSSR count). The van der Waals surface area contributed by atoms with Crippen molar-refractivity contribution in [1.29, 1.82) is 0 Å². The minimum absolute atomic E-state index is 0. The number of amides is 1. The monoisotopic (exact) mass is 248 g/mol. The van der Waals surface area contributed by atoms with Crippen molar-refractivity contribution in [3.05, 3.63) is 22.4 Å². The largest absolute Gasteiger partial charge is 0.352 e. The van der Waals surface area contributed by atoms with Crippen LogP contribution in [0.1, 0.15) is 24.6 Å². The minimum Gasteiger partial charge on any atom is -0.352 e. The molecule has 0 saturated carbocycles. The highest BCUT2D eigenvalue weighted by molar-refractivity contribution is 7.10. The van der Waals surface area contributed by atoms with Crippen LogP contribution in [0.5, 0.6) is 0 Å². The lowest BCUT2D eigenvalue weighted by molar-refractivity contribution is -0.122. The zero-order chi connectivity index (χ0) is 10.6. The standard InChI is InChI=1S/C10H16N2OS.ClH/c1-7(6-11)12-10(13)8(2)9-4-3-5-14-9;/h3-5,7-8H,6,11H2,1-2H3,(H,12,13);1H/t7-,8?;/m1./s1. The van der Waals surface area contributed by atoms with Gasteiger partial charge in [0.15, 0.2) is 0 Å². The Balaban J connectivity index is 0.00000196. The van der Waals surface area contributed by atoms with Gasteiger partial charge in [0.05, 0.1) is 5.92 Å². The average Bonchev–Trinajstić information content (AvgIpc) is 2.69. The first-order chi connectivity index (χ1) is 6.65. The lowest BCUT2D eigenvalue weighted by atomic mass is 10.1. The Hall–Kier alpha value is -0.580. The summed E-state index contributed by atoms with van der Waals surface area (Å²) in [6.45, 7) is 4.28. The third kappa shape index (κ3) is 4.20. The molecule has 0 radical (unpaired) electrons. The van der Waals surface area contributed by atoms with Gasteiger partial charge in [0, 0.05) is 17.5 Å². The normalized spacial score (nSPS) is 13.8. The summed E-state index contributed by atoms with van der Waals surface area (Å²) < 4.78 is 0. The lowest BCUT2D eigenvalue weighted by Gasteiger charge is -2.14.